The Labute approximate surface area is 190 Å². The van der Waals surface area contributed by atoms with Gasteiger partial charge in [0, 0.05) is 17.6 Å². The molecule has 0 bridgehead atoms. The number of carbonyl (C=O) groups is 1. The average molecular weight is 463 g/mol. The number of rotatable bonds is 8. The molecule has 0 aliphatic carbocycles. The lowest BCUT2D eigenvalue weighted by atomic mass is 9.97. The van der Waals surface area contributed by atoms with Crippen molar-refractivity contribution in [2.75, 3.05) is 19.6 Å². The fourth-order valence-corrected chi connectivity index (χ4v) is 3.32. The normalized spacial score (nSPS) is 10.6. The molecule has 1 heterocycles. The van der Waals surface area contributed by atoms with E-state index in [2.05, 4.69) is 10.3 Å². The monoisotopic (exact) mass is 462 g/mol. The number of ether oxygens (including phenoxy) is 2. The molecular weight excluding hydrogens is 442 g/mol. The lowest BCUT2D eigenvalue weighted by Crippen LogP contribution is -2.24. The molecule has 0 aliphatic rings. The van der Waals surface area contributed by atoms with Crippen LogP contribution in [0.2, 0.25) is 5.02 Å². The fraction of sp³-hybridized carbons (Fsp3) is 0.217. The molecule has 0 saturated carbocycles. The summed E-state index contributed by atoms with van der Waals surface area (Å²) in [4.78, 5) is 15.8. The lowest BCUT2D eigenvalue weighted by Gasteiger charge is -2.14. The number of alkyl halides is 1. The van der Waals surface area contributed by atoms with Crippen LogP contribution in [0.25, 0.3) is 11.1 Å². The first kappa shape index (κ1) is 22.8. The molecule has 2 aromatic carbocycles. The minimum absolute atomic E-state index is 0.143. The van der Waals surface area contributed by atoms with E-state index in [1.165, 1.54) is 7.11 Å². The molecule has 1 N–H and O–H groups in total. The molecule has 0 aliphatic heterocycles. The Morgan fingerprint density at radius 3 is 2.71 bits per heavy atom. The molecule has 3 aromatic rings. The fourth-order valence-electron chi connectivity index (χ4n) is 3.05. The van der Waals surface area contributed by atoms with Crippen LogP contribution in [0.3, 0.4) is 0 Å². The van der Waals surface area contributed by atoms with Gasteiger partial charge in [0.15, 0.2) is 0 Å². The molecule has 8 heteroatoms. The molecule has 0 saturated heterocycles. The minimum Gasteiger partial charge on any atom is -0.496 e. The number of nitrogens with zero attached hydrogens (tertiary/aromatic N) is 1. The van der Waals surface area contributed by atoms with Crippen molar-refractivity contribution in [3.8, 4) is 16.9 Å². The molecule has 0 atom stereocenters. The van der Waals surface area contributed by atoms with Gasteiger partial charge < -0.3 is 14.8 Å². The van der Waals surface area contributed by atoms with Gasteiger partial charge in [0.25, 0.3) is 0 Å². The van der Waals surface area contributed by atoms with Crippen molar-refractivity contribution in [2.45, 2.75) is 13.0 Å². The van der Waals surface area contributed by atoms with Gasteiger partial charge in [-0.1, -0.05) is 35.9 Å². The van der Waals surface area contributed by atoms with Crippen molar-refractivity contribution in [3.63, 3.8) is 0 Å². The third-order valence-corrected chi connectivity index (χ3v) is 4.91. The zero-order chi connectivity index (χ0) is 22.2. The predicted molar refractivity (Wildman–Crippen MR) is 119 cm³/mol. The van der Waals surface area contributed by atoms with E-state index < -0.39 is 6.09 Å². The molecule has 3 rings (SSSR count). The maximum Gasteiger partial charge on any atom is 0.407 e. The number of benzene rings is 2. The van der Waals surface area contributed by atoms with Gasteiger partial charge >= 0.3 is 6.09 Å². The summed E-state index contributed by atoms with van der Waals surface area (Å²) in [6.07, 6.45) is 1.45. The van der Waals surface area contributed by atoms with Gasteiger partial charge in [-0.3, -0.25) is 4.98 Å². The van der Waals surface area contributed by atoms with E-state index in [0.29, 0.717) is 39.6 Å². The molecular formula is C23H21Cl2FN2O3. The van der Waals surface area contributed by atoms with Crippen LogP contribution in [0.1, 0.15) is 16.8 Å². The molecule has 1 aromatic heterocycles. The molecule has 5 nitrogen and oxygen atoms in total. The number of halogens is 3. The zero-order valence-corrected chi connectivity index (χ0v) is 18.3. The van der Waals surface area contributed by atoms with Gasteiger partial charge in [0.1, 0.15) is 18.2 Å². The van der Waals surface area contributed by atoms with E-state index >= 15 is 4.39 Å². The first-order valence-electron chi connectivity index (χ1n) is 9.53. The molecule has 162 valence electrons. The van der Waals surface area contributed by atoms with Gasteiger partial charge in [-0.15, -0.1) is 11.6 Å². The summed E-state index contributed by atoms with van der Waals surface area (Å²) in [5.41, 5.74) is 3.00. The lowest BCUT2D eigenvalue weighted by molar-refractivity contribution is 0.152. The highest BCUT2D eigenvalue weighted by molar-refractivity contribution is 6.30. The van der Waals surface area contributed by atoms with E-state index in [9.17, 15) is 4.79 Å². The molecule has 1 amide bonds. The maximum absolute atomic E-state index is 15.4. The summed E-state index contributed by atoms with van der Waals surface area (Å²) in [6, 6.07) is 14.1. The number of hydrogen-bond donors (Lipinski definition) is 1. The number of hydrogen-bond acceptors (Lipinski definition) is 4. The SMILES string of the molecule is COc1ccc(Cc2ccc(CNC(=O)OCCCl)nc2)c(F)c1-c1cccc(Cl)c1. The second-order valence-corrected chi connectivity index (χ2v) is 7.45. The van der Waals surface area contributed by atoms with Crippen LogP contribution in [-0.2, 0) is 17.7 Å². The Bertz CT molecular complexity index is 1050. The highest BCUT2D eigenvalue weighted by Gasteiger charge is 2.17. The number of alkyl carbamates (subject to hydrolysis) is 1. The Hall–Kier alpha value is -2.83. The number of pyridine rings is 1. The van der Waals surface area contributed by atoms with Crippen LogP contribution < -0.4 is 10.1 Å². The van der Waals surface area contributed by atoms with E-state index in [1.54, 1.807) is 48.7 Å². The number of amides is 1. The molecule has 0 radical (unpaired) electrons. The van der Waals surface area contributed by atoms with Crippen LogP contribution >= 0.6 is 23.2 Å². The van der Waals surface area contributed by atoms with Crippen molar-refractivity contribution >= 4 is 29.3 Å². The summed E-state index contributed by atoms with van der Waals surface area (Å²) in [7, 11) is 1.50. The largest absolute Gasteiger partial charge is 0.496 e. The van der Waals surface area contributed by atoms with E-state index in [0.717, 1.165) is 5.56 Å². The second-order valence-electron chi connectivity index (χ2n) is 6.64. The van der Waals surface area contributed by atoms with Crippen molar-refractivity contribution in [1.29, 1.82) is 0 Å². The summed E-state index contributed by atoms with van der Waals surface area (Å²) < 4.78 is 25.6. The highest BCUT2D eigenvalue weighted by atomic mass is 35.5. The average Bonchev–Trinajstić information content (AvgIpc) is 2.78. The molecule has 0 spiro atoms. The number of aromatic nitrogens is 1. The topological polar surface area (TPSA) is 60.5 Å². The molecule has 0 fully saturated rings. The van der Waals surface area contributed by atoms with Gasteiger partial charge in [0.05, 0.1) is 30.8 Å². The quantitative estimate of drug-likeness (QED) is 0.442. The summed E-state index contributed by atoms with van der Waals surface area (Å²) >= 11 is 11.6. The zero-order valence-electron chi connectivity index (χ0n) is 16.8. The molecule has 31 heavy (non-hydrogen) atoms. The highest BCUT2D eigenvalue weighted by Crippen LogP contribution is 2.36. The van der Waals surface area contributed by atoms with Gasteiger partial charge in [-0.05, 0) is 41.0 Å². The van der Waals surface area contributed by atoms with Crippen LogP contribution in [0.15, 0.2) is 54.7 Å². The molecule has 0 unspecified atom stereocenters. The maximum atomic E-state index is 15.4. The summed E-state index contributed by atoms with van der Waals surface area (Å²) in [6.45, 7) is 0.363. The van der Waals surface area contributed by atoms with Crippen molar-refractivity contribution in [2.24, 2.45) is 0 Å². The number of methoxy groups -OCH3 is 1. The van der Waals surface area contributed by atoms with Crippen LogP contribution in [-0.4, -0.2) is 30.7 Å². The van der Waals surface area contributed by atoms with Crippen LogP contribution in [0.5, 0.6) is 5.75 Å². The third-order valence-electron chi connectivity index (χ3n) is 4.52. The standard InChI is InChI=1S/C23H21Cl2FN2O3/c1-30-20-8-6-17(22(26)21(20)16-3-2-4-18(25)12-16)11-15-5-7-19(27-13-15)14-28-23(29)31-10-9-24/h2-8,12-13H,9-11,14H2,1H3,(H,28,29). The number of carbonyl (C=O) groups excluding carboxylic acids is 1. The first-order chi connectivity index (χ1) is 15.0. The Morgan fingerprint density at radius 2 is 2.03 bits per heavy atom. The van der Waals surface area contributed by atoms with Crippen LogP contribution in [0, 0.1) is 5.82 Å². The van der Waals surface area contributed by atoms with E-state index in [-0.39, 0.29) is 24.8 Å². The van der Waals surface area contributed by atoms with Gasteiger partial charge in [-0.2, -0.15) is 0 Å². The smallest absolute Gasteiger partial charge is 0.407 e. The third kappa shape index (κ3) is 6.09. The van der Waals surface area contributed by atoms with Gasteiger partial charge in [-0.25, -0.2) is 9.18 Å². The summed E-state index contributed by atoms with van der Waals surface area (Å²) in [5.74, 6) is 0.305. The van der Waals surface area contributed by atoms with Crippen molar-refractivity contribution < 1.29 is 18.7 Å². The van der Waals surface area contributed by atoms with E-state index in [4.69, 9.17) is 32.7 Å². The second kappa shape index (κ2) is 11.0. The Kier molecular flexibility index (Phi) is 8.09. The van der Waals surface area contributed by atoms with Gasteiger partial charge in [0.2, 0.25) is 0 Å². The number of nitrogens with one attached hydrogen (secondary N) is 1. The minimum atomic E-state index is -0.555. The van der Waals surface area contributed by atoms with Crippen LogP contribution in [0.4, 0.5) is 9.18 Å². The summed E-state index contributed by atoms with van der Waals surface area (Å²) in [5, 5.41) is 3.11. The van der Waals surface area contributed by atoms with E-state index in [1.807, 2.05) is 6.07 Å². The Morgan fingerprint density at radius 1 is 1.19 bits per heavy atom. The predicted octanol–water partition coefficient (Wildman–Crippen LogP) is 5.61. The van der Waals surface area contributed by atoms with Crippen molar-refractivity contribution in [1.82, 2.24) is 10.3 Å². The Balaban J connectivity index is 1.75. The first-order valence-corrected chi connectivity index (χ1v) is 10.4. The van der Waals surface area contributed by atoms with Crippen molar-refractivity contribution in [3.05, 3.63) is 82.4 Å².